The lowest BCUT2D eigenvalue weighted by Crippen LogP contribution is -1.97. The molecule has 1 heterocycles. The molecule has 0 unspecified atom stereocenters. The Labute approximate surface area is 109 Å². The van der Waals surface area contributed by atoms with Crippen molar-refractivity contribution in [2.24, 2.45) is 0 Å². The Morgan fingerprint density at radius 3 is 2.47 bits per heavy atom. The molecule has 2 rings (SSSR count). The maximum Gasteiger partial charge on any atom is 0.155 e. The molecule has 0 saturated carbocycles. The highest BCUT2D eigenvalue weighted by molar-refractivity contribution is 5.62. The van der Waals surface area contributed by atoms with Gasteiger partial charge in [0.25, 0.3) is 0 Å². The van der Waals surface area contributed by atoms with Gasteiger partial charge in [-0.3, -0.25) is 4.98 Å². The lowest BCUT2D eigenvalue weighted by atomic mass is 10.1. The van der Waals surface area contributed by atoms with Crippen LogP contribution in [-0.2, 0) is 0 Å². The summed E-state index contributed by atoms with van der Waals surface area (Å²) in [6, 6.07) is 6.51. The van der Waals surface area contributed by atoms with E-state index in [2.05, 4.69) is 4.98 Å². The Hall–Kier alpha value is -2.48. The molecule has 5 heteroatoms. The molecule has 2 aromatic rings. The number of halogens is 2. The summed E-state index contributed by atoms with van der Waals surface area (Å²) in [7, 11) is 0. The van der Waals surface area contributed by atoms with Gasteiger partial charge in [0.1, 0.15) is 17.7 Å². The second-order valence-electron chi connectivity index (χ2n) is 3.77. The number of nitrogens with zero attached hydrogens (tertiary/aromatic N) is 2. The summed E-state index contributed by atoms with van der Waals surface area (Å²) in [6.45, 7) is 2.20. The molecule has 0 N–H and O–H groups in total. The third-order valence-electron chi connectivity index (χ3n) is 2.45. The van der Waals surface area contributed by atoms with E-state index in [0.717, 1.165) is 18.2 Å². The van der Waals surface area contributed by atoms with E-state index in [9.17, 15) is 8.78 Å². The Bertz CT molecular complexity index is 630. The summed E-state index contributed by atoms with van der Waals surface area (Å²) in [5, 5.41) is 9.02. The van der Waals surface area contributed by atoms with Crippen LogP contribution in [0.4, 0.5) is 8.78 Å². The molecule has 0 aliphatic heterocycles. The van der Waals surface area contributed by atoms with Gasteiger partial charge >= 0.3 is 0 Å². The van der Waals surface area contributed by atoms with E-state index in [1.165, 1.54) is 12.3 Å². The topological polar surface area (TPSA) is 45.9 Å². The maximum absolute atomic E-state index is 13.1. The van der Waals surface area contributed by atoms with Gasteiger partial charge in [-0.05, 0) is 25.1 Å². The minimum absolute atomic E-state index is 0.275. The van der Waals surface area contributed by atoms with Gasteiger partial charge in [-0.15, -0.1) is 0 Å². The third-order valence-corrected chi connectivity index (χ3v) is 2.45. The maximum atomic E-state index is 13.1. The van der Waals surface area contributed by atoms with Gasteiger partial charge in [0.05, 0.1) is 24.1 Å². The van der Waals surface area contributed by atoms with Gasteiger partial charge in [0.15, 0.2) is 5.75 Å². The van der Waals surface area contributed by atoms with Crippen LogP contribution in [0.5, 0.6) is 5.75 Å². The van der Waals surface area contributed by atoms with Crippen molar-refractivity contribution in [1.29, 1.82) is 5.26 Å². The Balaban J connectivity index is 2.49. The molecule has 96 valence electrons. The van der Waals surface area contributed by atoms with E-state index in [-0.39, 0.29) is 11.1 Å². The van der Waals surface area contributed by atoms with Crippen molar-refractivity contribution in [1.82, 2.24) is 4.98 Å². The molecule has 0 fully saturated rings. The summed E-state index contributed by atoms with van der Waals surface area (Å²) < 4.78 is 31.5. The zero-order valence-electron chi connectivity index (χ0n) is 10.2. The number of aromatic nitrogens is 1. The van der Waals surface area contributed by atoms with Gasteiger partial charge in [-0.1, -0.05) is 0 Å². The van der Waals surface area contributed by atoms with Crippen molar-refractivity contribution >= 4 is 0 Å². The van der Waals surface area contributed by atoms with Gasteiger partial charge in [0.2, 0.25) is 0 Å². The number of hydrogen-bond donors (Lipinski definition) is 0. The molecule has 0 bridgehead atoms. The number of pyridine rings is 1. The number of hydrogen-bond acceptors (Lipinski definition) is 3. The zero-order valence-corrected chi connectivity index (χ0v) is 10.2. The van der Waals surface area contributed by atoms with Crippen LogP contribution in [0, 0.1) is 23.0 Å². The Morgan fingerprint density at radius 2 is 1.89 bits per heavy atom. The molecular formula is C14H10F2N2O. The van der Waals surface area contributed by atoms with Crippen molar-refractivity contribution in [3.63, 3.8) is 0 Å². The van der Waals surface area contributed by atoms with E-state index in [1.807, 2.05) is 6.07 Å². The zero-order chi connectivity index (χ0) is 13.8. The molecule has 0 aliphatic rings. The van der Waals surface area contributed by atoms with Crippen LogP contribution >= 0.6 is 0 Å². The normalized spacial score (nSPS) is 10.0. The SMILES string of the molecule is CCOc1cnc(-c2cc(F)cc(F)c2)cc1C#N. The van der Waals surface area contributed by atoms with Crippen molar-refractivity contribution < 1.29 is 13.5 Å². The summed E-state index contributed by atoms with van der Waals surface area (Å²) in [6.07, 6.45) is 1.38. The highest BCUT2D eigenvalue weighted by Crippen LogP contribution is 2.25. The van der Waals surface area contributed by atoms with E-state index >= 15 is 0 Å². The van der Waals surface area contributed by atoms with Crippen LogP contribution in [-0.4, -0.2) is 11.6 Å². The van der Waals surface area contributed by atoms with Gasteiger partial charge in [-0.25, -0.2) is 8.78 Å². The molecule has 0 radical (unpaired) electrons. The van der Waals surface area contributed by atoms with E-state index in [0.29, 0.717) is 18.1 Å². The van der Waals surface area contributed by atoms with Crippen LogP contribution in [0.2, 0.25) is 0 Å². The average molecular weight is 260 g/mol. The molecule has 1 aromatic heterocycles. The first-order valence-electron chi connectivity index (χ1n) is 5.63. The lowest BCUT2D eigenvalue weighted by molar-refractivity contribution is 0.338. The molecule has 0 aliphatic carbocycles. The summed E-state index contributed by atoms with van der Waals surface area (Å²) in [5.41, 5.74) is 0.868. The van der Waals surface area contributed by atoms with E-state index in [4.69, 9.17) is 10.00 Å². The van der Waals surface area contributed by atoms with E-state index in [1.54, 1.807) is 6.92 Å². The molecule has 0 amide bonds. The quantitative estimate of drug-likeness (QED) is 0.850. The first-order chi connectivity index (χ1) is 9.13. The second kappa shape index (κ2) is 5.44. The predicted octanol–water partition coefficient (Wildman–Crippen LogP) is 3.30. The number of rotatable bonds is 3. The third kappa shape index (κ3) is 2.86. The largest absolute Gasteiger partial charge is 0.491 e. The molecule has 1 aromatic carbocycles. The summed E-state index contributed by atoms with van der Waals surface area (Å²) in [5.74, 6) is -1.03. The van der Waals surface area contributed by atoms with Crippen molar-refractivity contribution in [3.8, 4) is 23.1 Å². The fourth-order valence-corrected chi connectivity index (χ4v) is 1.66. The van der Waals surface area contributed by atoms with Crippen molar-refractivity contribution in [3.05, 3.63) is 47.7 Å². The fraction of sp³-hybridized carbons (Fsp3) is 0.143. The number of nitriles is 1. The Kier molecular flexibility index (Phi) is 3.71. The molecule has 19 heavy (non-hydrogen) atoms. The second-order valence-corrected chi connectivity index (χ2v) is 3.77. The minimum Gasteiger partial charge on any atom is -0.491 e. The van der Waals surface area contributed by atoms with E-state index < -0.39 is 11.6 Å². The molecule has 0 spiro atoms. The van der Waals surface area contributed by atoms with Crippen LogP contribution in [0.1, 0.15) is 12.5 Å². The highest BCUT2D eigenvalue weighted by Gasteiger charge is 2.09. The average Bonchev–Trinajstić information content (AvgIpc) is 2.38. The minimum atomic E-state index is -0.691. The van der Waals surface area contributed by atoms with Gasteiger partial charge < -0.3 is 4.74 Å². The summed E-state index contributed by atoms with van der Waals surface area (Å²) >= 11 is 0. The molecule has 0 atom stereocenters. The van der Waals surface area contributed by atoms with Crippen LogP contribution < -0.4 is 4.74 Å². The fourth-order valence-electron chi connectivity index (χ4n) is 1.66. The van der Waals surface area contributed by atoms with Crippen LogP contribution in [0.3, 0.4) is 0 Å². The van der Waals surface area contributed by atoms with Crippen molar-refractivity contribution in [2.75, 3.05) is 6.61 Å². The van der Waals surface area contributed by atoms with Crippen molar-refractivity contribution in [2.45, 2.75) is 6.92 Å². The highest BCUT2D eigenvalue weighted by atomic mass is 19.1. The molecular weight excluding hydrogens is 250 g/mol. The molecule has 0 saturated heterocycles. The standard InChI is InChI=1S/C14H10F2N2O/c1-2-19-14-8-18-13(5-10(14)7-17)9-3-11(15)6-12(16)4-9/h3-6,8H,2H2,1H3. The monoisotopic (exact) mass is 260 g/mol. The van der Waals surface area contributed by atoms with Gasteiger partial charge in [0, 0.05) is 11.6 Å². The molecule has 3 nitrogen and oxygen atoms in total. The smallest absolute Gasteiger partial charge is 0.155 e. The predicted molar refractivity (Wildman–Crippen MR) is 65.5 cm³/mol. The summed E-state index contributed by atoms with van der Waals surface area (Å²) in [4.78, 5) is 4.05. The Morgan fingerprint density at radius 1 is 1.21 bits per heavy atom. The number of ether oxygens (including phenoxy) is 1. The first kappa shape index (κ1) is 13.0. The van der Waals surface area contributed by atoms with Crippen LogP contribution in [0.15, 0.2) is 30.5 Å². The first-order valence-corrected chi connectivity index (χ1v) is 5.63. The van der Waals surface area contributed by atoms with Gasteiger partial charge in [-0.2, -0.15) is 5.26 Å². The van der Waals surface area contributed by atoms with Crippen LogP contribution in [0.25, 0.3) is 11.3 Å². The lowest BCUT2D eigenvalue weighted by Gasteiger charge is -2.07. The number of benzene rings is 1.